The topological polar surface area (TPSA) is 128 Å². The number of nitrogens with zero attached hydrogens (tertiary/aromatic N) is 1. The number of rotatable bonds is 5. The highest BCUT2D eigenvalue weighted by molar-refractivity contribution is 5.93. The van der Waals surface area contributed by atoms with Gasteiger partial charge in [0.15, 0.2) is 0 Å². The van der Waals surface area contributed by atoms with Crippen molar-refractivity contribution in [3.63, 3.8) is 0 Å². The summed E-state index contributed by atoms with van der Waals surface area (Å²) in [6, 6.07) is -2.11. The molecule has 0 radical (unpaired) electrons. The quantitative estimate of drug-likeness (QED) is 0.527. The van der Waals surface area contributed by atoms with E-state index in [4.69, 9.17) is 15.2 Å². The lowest BCUT2D eigenvalue weighted by Crippen LogP contribution is -2.68. The fraction of sp³-hybridized carbons (Fsp3) is 0.840. The van der Waals surface area contributed by atoms with Crippen LogP contribution in [0.2, 0.25) is 0 Å². The Labute approximate surface area is 212 Å². The number of nitrogens with one attached hydrogen (secondary N) is 1. The molecular weight excluding hydrogens is 495 g/mol. The number of amides is 3. The first-order valence-electron chi connectivity index (χ1n) is 12.9. The average molecular weight is 530 g/mol. The van der Waals surface area contributed by atoms with E-state index in [1.165, 1.54) is 4.90 Å². The van der Waals surface area contributed by atoms with Crippen LogP contribution >= 0.6 is 0 Å². The van der Waals surface area contributed by atoms with Crippen LogP contribution in [0.1, 0.15) is 72.1 Å². The second kappa shape index (κ2) is 8.23. The van der Waals surface area contributed by atoms with E-state index in [1.807, 2.05) is 0 Å². The van der Waals surface area contributed by atoms with Crippen molar-refractivity contribution in [1.29, 1.82) is 0 Å². The van der Waals surface area contributed by atoms with Gasteiger partial charge in [-0.15, -0.1) is 0 Å². The van der Waals surface area contributed by atoms with Crippen LogP contribution < -0.4 is 11.1 Å². The van der Waals surface area contributed by atoms with E-state index in [-0.39, 0.29) is 30.2 Å². The molecule has 9 nitrogen and oxygen atoms in total. The standard InChI is InChI=1S/C25H34F3N3O6/c1-22(2,3)37-21(35)30-17(19(33)31-15-5-14(15)6-16(31)18(29)32)23-7-12-4-13(8-23)10-24(9-12,11-23)36-20(34)25(26,27)28/h12-17H,4-11H2,1-3H3,(H2,29,32)(H,30,35)/t12?,13?,14?,15?,16-,17+,23?,24?/m0/s1. The zero-order valence-electron chi connectivity index (χ0n) is 21.2. The SMILES string of the molecule is CC(C)(C)OC(=O)N[C@H](C(=O)N1C2CC2C[C@H]1C(N)=O)C12CC3CC(CC(OC(=O)C(F)(F)F)(C3)C1)C2. The largest absolute Gasteiger partial charge is 0.490 e. The van der Waals surface area contributed by atoms with Gasteiger partial charge in [0.25, 0.3) is 0 Å². The summed E-state index contributed by atoms with van der Waals surface area (Å²) in [5.74, 6) is -3.29. The molecule has 0 spiro atoms. The number of primary amides is 1. The summed E-state index contributed by atoms with van der Waals surface area (Å²) in [6.45, 7) is 5.04. The third-order valence-corrected chi connectivity index (χ3v) is 8.80. The minimum Gasteiger partial charge on any atom is -0.452 e. The number of alkyl halides is 3. The van der Waals surface area contributed by atoms with Crippen LogP contribution in [0.25, 0.3) is 0 Å². The Morgan fingerprint density at radius 1 is 1.00 bits per heavy atom. The number of hydrogen-bond donors (Lipinski definition) is 2. The van der Waals surface area contributed by atoms with Gasteiger partial charge in [-0.05, 0) is 89.9 Å². The second-order valence-electron chi connectivity index (χ2n) is 12.9. The Morgan fingerprint density at radius 2 is 1.62 bits per heavy atom. The number of piperidine rings is 1. The number of halogens is 3. The number of likely N-dealkylation sites (tertiary alicyclic amines) is 1. The molecule has 1 aliphatic heterocycles. The van der Waals surface area contributed by atoms with Gasteiger partial charge in [-0.3, -0.25) is 9.59 Å². The lowest BCUT2D eigenvalue weighted by Gasteiger charge is -2.63. The normalized spacial score (nSPS) is 38.5. The minimum atomic E-state index is -5.13. The molecule has 5 saturated carbocycles. The summed E-state index contributed by atoms with van der Waals surface area (Å²) in [6.07, 6.45) is -2.43. The number of carbonyl (C=O) groups is 4. The molecule has 6 atom stereocenters. The van der Waals surface area contributed by atoms with E-state index in [0.29, 0.717) is 32.1 Å². The monoisotopic (exact) mass is 529 g/mol. The molecule has 0 aromatic carbocycles. The fourth-order valence-corrected chi connectivity index (χ4v) is 8.04. The van der Waals surface area contributed by atoms with Gasteiger partial charge in [0, 0.05) is 11.5 Å². The lowest BCUT2D eigenvalue weighted by molar-refractivity contribution is -0.240. The Bertz CT molecular complexity index is 1010. The van der Waals surface area contributed by atoms with Crippen LogP contribution in [0.5, 0.6) is 0 Å². The maximum Gasteiger partial charge on any atom is 0.490 e. The van der Waals surface area contributed by atoms with Crippen LogP contribution in [0.15, 0.2) is 0 Å². The molecule has 1 heterocycles. The molecule has 5 aliphatic carbocycles. The number of hydrogen-bond acceptors (Lipinski definition) is 6. The first kappa shape index (κ1) is 26.1. The van der Waals surface area contributed by atoms with E-state index in [1.54, 1.807) is 20.8 Å². The molecule has 0 aromatic rings. The zero-order chi connectivity index (χ0) is 27.1. The summed E-state index contributed by atoms with van der Waals surface area (Å²) < 4.78 is 50.1. The predicted molar refractivity (Wildman–Crippen MR) is 121 cm³/mol. The fourth-order valence-electron chi connectivity index (χ4n) is 8.04. The van der Waals surface area contributed by atoms with E-state index < -0.39 is 58.8 Å². The Hall–Kier alpha value is -2.53. The van der Waals surface area contributed by atoms with Gasteiger partial charge in [0.2, 0.25) is 11.8 Å². The van der Waals surface area contributed by atoms with Crippen molar-refractivity contribution in [2.24, 2.45) is 28.9 Å². The number of ether oxygens (including phenoxy) is 2. The molecule has 4 bridgehead atoms. The molecule has 206 valence electrons. The van der Waals surface area contributed by atoms with Gasteiger partial charge >= 0.3 is 18.2 Å². The molecule has 6 aliphatic rings. The number of nitrogens with two attached hydrogens (primary N) is 1. The molecule has 6 fully saturated rings. The van der Waals surface area contributed by atoms with Crippen LogP contribution in [0.4, 0.5) is 18.0 Å². The van der Waals surface area contributed by atoms with Crippen molar-refractivity contribution in [2.75, 3.05) is 0 Å². The molecule has 3 amide bonds. The Morgan fingerprint density at radius 3 is 2.16 bits per heavy atom. The van der Waals surface area contributed by atoms with Gasteiger partial charge < -0.3 is 25.4 Å². The summed E-state index contributed by atoms with van der Waals surface area (Å²) in [5, 5.41) is 2.74. The van der Waals surface area contributed by atoms with Gasteiger partial charge in [-0.1, -0.05) is 0 Å². The van der Waals surface area contributed by atoms with Crippen molar-refractivity contribution in [2.45, 2.75) is 108 Å². The molecule has 3 N–H and O–H groups in total. The molecule has 37 heavy (non-hydrogen) atoms. The Balaban J connectivity index is 1.49. The van der Waals surface area contributed by atoms with E-state index in [9.17, 15) is 32.3 Å². The van der Waals surface area contributed by atoms with Crippen LogP contribution in [-0.2, 0) is 23.9 Å². The summed E-state index contributed by atoms with van der Waals surface area (Å²) in [5.41, 5.74) is 2.45. The average Bonchev–Trinajstić information content (AvgIpc) is 3.37. The predicted octanol–water partition coefficient (Wildman–Crippen LogP) is 2.80. The van der Waals surface area contributed by atoms with E-state index >= 15 is 0 Å². The van der Waals surface area contributed by atoms with Crippen molar-refractivity contribution >= 4 is 23.9 Å². The summed E-state index contributed by atoms with van der Waals surface area (Å²) in [7, 11) is 0. The number of carbonyl (C=O) groups excluding carboxylic acids is 4. The van der Waals surface area contributed by atoms with Crippen molar-refractivity contribution in [3.05, 3.63) is 0 Å². The van der Waals surface area contributed by atoms with Crippen molar-refractivity contribution in [1.82, 2.24) is 10.2 Å². The van der Waals surface area contributed by atoms with Crippen molar-refractivity contribution in [3.8, 4) is 0 Å². The highest BCUT2D eigenvalue weighted by Crippen LogP contribution is 2.64. The molecule has 6 rings (SSSR count). The van der Waals surface area contributed by atoms with Crippen LogP contribution in [0, 0.1) is 23.2 Å². The maximum atomic E-state index is 14.2. The van der Waals surface area contributed by atoms with Gasteiger partial charge in [-0.2, -0.15) is 13.2 Å². The minimum absolute atomic E-state index is 0.0181. The number of fused-ring (bicyclic) bond motifs is 1. The van der Waals surface area contributed by atoms with E-state index in [0.717, 1.165) is 12.8 Å². The van der Waals surface area contributed by atoms with Gasteiger partial charge in [-0.25, -0.2) is 9.59 Å². The molecular formula is C25H34F3N3O6. The maximum absolute atomic E-state index is 14.2. The van der Waals surface area contributed by atoms with Crippen molar-refractivity contribution < 1.29 is 41.8 Å². The second-order valence-corrected chi connectivity index (χ2v) is 12.9. The zero-order valence-corrected chi connectivity index (χ0v) is 21.2. The third kappa shape index (κ3) is 4.76. The third-order valence-electron chi connectivity index (χ3n) is 8.80. The molecule has 4 unspecified atom stereocenters. The first-order chi connectivity index (χ1) is 17.0. The van der Waals surface area contributed by atoms with E-state index in [2.05, 4.69) is 5.32 Å². The van der Waals surface area contributed by atoms with Crippen LogP contribution in [0.3, 0.4) is 0 Å². The smallest absolute Gasteiger partial charge is 0.452 e. The first-order valence-corrected chi connectivity index (χ1v) is 12.9. The number of esters is 1. The molecule has 1 saturated heterocycles. The molecule has 12 heteroatoms. The number of alkyl carbamates (subject to hydrolysis) is 1. The molecule has 0 aromatic heterocycles. The van der Waals surface area contributed by atoms with Gasteiger partial charge in [0.05, 0.1) is 0 Å². The lowest BCUT2D eigenvalue weighted by atomic mass is 9.46. The summed E-state index contributed by atoms with van der Waals surface area (Å²) >= 11 is 0. The Kier molecular flexibility index (Phi) is 5.81. The van der Waals surface area contributed by atoms with Crippen LogP contribution in [-0.4, -0.2) is 64.3 Å². The highest BCUT2D eigenvalue weighted by Gasteiger charge is 2.66. The van der Waals surface area contributed by atoms with Gasteiger partial charge in [0.1, 0.15) is 23.3 Å². The highest BCUT2D eigenvalue weighted by atomic mass is 19.4. The summed E-state index contributed by atoms with van der Waals surface area (Å²) in [4.78, 5) is 52.7.